The predicted octanol–water partition coefficient (Wildman–Crippen LogP) is 5.87. The molecule has 0 radical (unpaired) electrons. The van der Waals surface area contributed by atoms with Crippen molar-refractivity contribution in [3.8, 4) is 11.5 Å². The fraction of sp³-hybridized carbons (Fsp3) is 0.125. The maximum atomic E-state index is 12.5. The summed E-state index contributed by atoms with van der Waals surface area (Å²) < 4.78 is 11.8. The van der Waals surface area contributed by atoms with Gasteiger partial charge in [0.1, 0.15) is 11.5 Å². The van der Waals surface area contributed by atoms with Crippen molar-refractivity contribution in [2.24, 2.45) is 5.10 Å². The van der Waals surface area contributed by atoms with E-state index in [0.29, 0.717) is 28.5 Å². The van der Waals surface area contributed by atoms with E-state index in [-0.39, 0.29) is 17.2 Å². The third kappa shape index (κ3) is 6.42. The Morgan fingerprint density at radius 2 is 1.84 bits per heavy atom. The minimum Gasteiger partial charge on any atom is -0.494 e. The van der Waals surface area contributed by atoms with Crippen molar-refractivity contribution in [1.82, 2.24) is 5.43 Å². The molecule has 0 spiro atoms. The number of hydrogen-bond acceptors (Lipinski definition) is 5. The highest BCUT2D eigenvalue weighted by molar-refractivity contribution is 9.10. The lowest BCUT2D eigenvalue weighted by molar-refractivity contribution is 0.0734. The average Bonchev–Trinajstić information content (AvgIpc) is 2.80. The molecule has 0 bridgehead atoms. The number of hydrazone groups is 1. The zero-order valence-corrected chi connectivity index (χ0v) is 19.5. The number of carbonyl (C=O) groups is 2. The molecule has 0 aromatic heterocycles. The van der Waals surface area contributed by atoms with Gasteiger partial charge in [-0.2, -0.15) is 5.10 Å². The van der Waals surface area contributed by atoms with Gasteiger partial charge in [0.2, 0.25) is 0 Å². The molecular formula is C24H20BrClN2O4. The zero-order chi connectivity index (χ0) is 22.9. The van der Waals surface area contributed by atoms with Crippen molar-refractivity contribution in [2.45, 2.75) is 13.3 Å². The van der Waals surface area contributed by atoms with Crippen LogP contribution >= 0.6 is 27.5 Å². The number of carbonyl (C=O) groups excluding carboxylic acids is 2. The van der Waals surface area contributed by atoms with Crippen LogP contribution < -0.4 is 14.9 Å². The fourth-order valence-electron chi connectivity index (χ4n) is 2.64. The SMILES string of the molecule is CCCOc1ccc(C(=O)N/N=C/c2cc(Br)ccc2OC(=O)c2ccccc2Cl)cc1. The highest BCUT2D eigenvalue weighted by Gasteiger charge is 2.14. The number of rotatable bonds is 8. The van der Waals surface area contributed by atoms with Gasteiger partial charge >= 0.3 is 5.97 Å². The van der Waals surface area contributed by atoms with Gasteiger partial charge in [0.25, 0.3) is 5.91 Å². The molecule has 0 aliphatic rings. The summed E-state index contributed by atoms with van der Waals surface area (Å²) in [7, 11) is 0. The van der Waals surface area contributed by atoms with E-state index in [0.717, 1.165) is 10.9 Å². The average molecular weight is 516 g/mol. The maximum Gasteiger partial charge on any atom is 0.345 e. The topological polar surface area (TPSA) is 77.0 Å². The molecule has 32 heavy (non-hydrogen) atoms. The fourth-order valence-corrected chi connectivity index (χ4v) is 3.23. The molecule has 1 N–H and O–H groups in total. The van der Waals surface area contributed by atoms with Crippen molar-refractivity contribution in [3.63, 3.8) is 0 Å². The molecule has 0 saturated carbocycles. The third-order valence-corrected chi connectivity index (χ3v) is 5.05. The molecule has 1 amide bonds. The molecule has 0 unspecified atom stereocenters. The predicted molar refractivity (Wildman–Crippen MR) is 128 cm³/mol. The first-order valence-corrected chi connectivity index (χ1v) is 11.0. The summed E-state index contributed by atoms with van der Waals surface area (Å²) in [5.74, 6) is -0.00514. The van der Waals surface area contributed by atoms with Crippen LogP contribution in [0.4, 0.5) is 0 Å². The van der Waals surface area contributed by atoms with Crippen molar-refractivity contribution < 1.29 is 19.1 Å². The van der Waals surface area contributed by atoms with Gasteiger partial charge in [0.15, 0.2) is 0 Å². The van der Waals surface area contributed by atoms with Crippen molar-refractivity contribution in [1.29, 1.82) is 0 Å². The number of esters is 1. The third-order valence-electron chi connectivity index (χ3n) is 4.23. The summed E-state index contributed by atoms with van der Waals surface area (Å²) in [5.41, 5.74) is 3.64. The highest BCUT2D eigenvalue weighted by atomic mass is 79.9. The van der Waals surface area contributed by atoms with Crippen LogP contribution in [0.5, 0.6) is 11.5 Å². The van der Waals surface area contributed by atoms with E-state index in [1.165, 1.54) is 6.21 Å². The lowest BCUT2D eigenvalue weighted by Crippen LogP contribution is -2.17. The Kier molecular flexibility index (Phi) is 8.41. The number of benzene rings is 3. The first kappa shape index (κ1) is 23.5. The Labute approximate surface area is 199 Å². The highest BCUT2D eigenvalue weighted by Crippen LogP contribution is 2.24. The van der Waals surface area contributed by atoms with Crippen LogP contribution in [0.25, 0.3) is 0 Å². The monoisotopic (exact) mass is 514 g/mol. The molecule has 0 atom stereocenters. The summed E-state index contributed by atoms with van der Waals surface area (Å²) in [5, 5.41) is 4.29. The van der Waals surface area contributed by atoms with Gasteiger partial charge in [0, 0.05) is 15.6 Å². The Morgan fingerprint density at radius 3 is 2.56 bits per heavy atom. The van der Waals surface area contributed by atoms with Gasteiger partial charge in [-0.1, -0.05) is 46.6 Å². The molecule has 0 aliphatic heterocycles. The number of ether oxygens (including phenoxy) is 2. The molecule has 0 saturated heterocycles. The Hall–Kier alpha value is -3.16. The van der Waals surface area contributed by atoms with E-state index in [1.54, 1.807) is 66.7 Å². The second-order valence-electron chi connectivity index (χ2n) is 6.62. The summed E-state index contributed by atoms with van der Waals surface area (Å²) in [4.78, 5) is 24.8. The maximum absolute atomic E-state index is 12.5. The number of nitrogens with zero attached hydrogens (tertiary/aromatic N) is 1. The summed E-state index contributed by atoms with van der Waals surface area (Å²) in [6, 6.07) is 18.5. The number of halogens is 2. The first-order valence-electron chi connectivity index (χ1n) is 9.80. The van der Waals surface area contributed by atoms with Gasteiger partial charge in [-0.15, -0.1) is 0 Å². The van der Waals surface area contributed by atoms with Crippen molar-refractivity contribution in [2.75, 3.05) is 6.61 Å². The van der Waals surface area contributed by atoms with Crippen LogP contribution in [0.2, 0.25) is 5.02 Å². The van der Waals surface area contributed by atoms with Crippen LogP contribution in [0, 0.1) is 0 Å². The zero-order valence-electron chi connectivity index (χ0n) is 17.2. The van der Waals surface area contributed by atoms with Crippen molar-refractivity contribution in [3.05, 3.63) is 92.9 Å². The summed E-state index contributed by atoms with van der Waals surface area (Å²) >= 11 is 9.45. The van der Waals surface area contributed by atoms with Gasteiger partial charge in [-0.25, -0.2) is 10.2 Å². The number of amides is 1. The van der Waals surface area contributed by atoms with Gasteiger partial charge in [0.05, 0.1) is 23.4 Å². The molecule has 3 aromatic rings. The standard InChI is InChI=1S/C24H20BrClN2O4/c1-2-13-31-19-10-7-16(8-11-19)23(29)28-27-15-17-14-18(25)9-12-22(17)32-24(30)20-5-3-4-6-21(20)26/h3-12,14-15H,2,13H2,1H3,(H,28,29)/b27-15+. The lowest BCUT2D eigenvalue weighted by atomic mass is 10.2. The summed E-state index contributed by atoms with van der Waals surface area (Å²) in [6.45, 7) is 2.64. The minimum atomic E-state index is -0.595. The second kappa shape index (κ2) is 11.5. The Morgan fingerprint density at radius 1 is 1.09 bits per heavy atom. The second-order valence-corrected chi connectivity index (χ2v) is 7.95. The Bertz CT molecular complexity index is 1130. The molecule has 0 aliphatic carbocycles. The molecular weight excluding hydrogens is 496 g/mol. The van der Waals surface area contributed by atoms with Crippen LogP contribution in [0.3, 0.4) is 0 Å². The first-order chi connectivity index (χ1) is 15.5. The molecule has 3 aromatic carbocycles. The van der Waals surface area contributed by atoms with Crippen LogP contribution in [-0.4, -0.2) is 24.7 Å². The van der Waals surface area contributed by atoms with E-state index in [4.69, 9.17) is 21.1 Å². The lowest BCUT2D eigenvalue weighted by Gasteiger charge is -2.09. The number of hydrogen-bond donors (Lipinski definition) is 1. The smallest absolute Gasteiger partial charge is 0.345 e. The Balaban J connectivity index is 1.69. The van der Waals surface area contributed by atoms with Gasteiger partial charge in [-0.3, -0.25) is 4.79 Å². The normalized spacial score (nSPS) is 10.7. The van der Waals surface area contributed by atoms with Crippen molar-refractivity contribution >= 4 is 45.6 Å². The van der Waals surface area contributed by atoms with Crippen LogP contribution in [0.15, 0.2) is 76.3 Å². The van der Waals surface area contributed by atoms with E-state index >= 15 is 0 Å². The minimum absolute atomic E-state index is 0.250. The van der Waals surface area contributed by atoms with E-state index in [1.807, 2.05) is 6.92 Å². The van der Waals surface area contributed by atoms with E-state index in [2.05, 4.69) is 26.5 Å². The molecule has 0 heterocycles. The molecule has 3 rings (SSSR count). The molecule has 6 nitrogen and oxygen atoms in total. The largest absolute Gasteiger partial charge is 0.494 e. The van der Waals surface area contributed by atoms with E-state index in [9.17, 15) is 9.59 Å². The van der Waals surface area contributed by atoms with Crippen LogP contribution in [-0.2, 0) is 0 Å². The summed E-state index contributed by atoms with van der Waals surface area (Å²) in [6.07, 6.45) is 2.30. The van der Waals surface area contributed by atoms with Crippen LogP contribution in [0.1, 0.15) is 39.6 Å². The van der Waals surface area contributed by atoms with E-state index < -0.39 is 5.97 Å². The molecule has 164 valence electrons. The van der Waals surface area contributed by atoms with Gasteiger partial charge < -0.3 is 9.47 Å². The molecule has 8 heteroatoms. The quantitative estimate of drug-likeness (QED) is 0.176. The number of nitrogens with one attached hydrogen (secondary N) is 1. The molecule has 0 fully saturated rings. The van der Waals surface area contributed by atoms with Gasteiger partial charge in [-0.05, 0) is 61.0 Å².